The Morgan fingerprint density at radius 2 is 2.03 bits per heavy atom. The van der Waals surface area contributed by atoms with Gasteiger partial charge in [-0.1, -0.05) is 24.3 Å². The molecule has 1 unspecified atom stereocenters. The van der Waals surface area contributed by atoms with E-state index in [1.54, 1.807) is 0 Å². The van der Waals surface area contributed by atoms with E-state index < -0.39 is 0 Å². The van der Waals surface area contributed by atoms with E-state index >= 15 is 0 Å². The van der Waals surface area contributed by atoms with Gasteiger partial charge in [-0.25, -0.2) is 4.98 Å². The van der Waals surface area contributed by atoms with Gasteiger partial charge in [0.15, 0.2) is 0 Å². The van der Waals surface area contributed by atoms with Crippen molar-refractivity contribution in [3.05, 3.63) is 59.4 Å². The van der Waals surface area contributed by atoms with Gasteiger partial charge in [0.1, 0.15) is 0 Å². The van der Waals surface area contributed by atoms with Crippen LogP contribution in [0.5, 0.6) is 5.88 Å². The van der Waals surface area contributed by atoms with Gasteiger partial charge in [0.05, 0.1) is 23.6 Å². The van der Waals surface area contributed by atoms with Gasteiger partial charge in [0.25, 0.3) is 5.91 Å². The maximum absolute atomic E-state index is 13.0. The molecule has 2 aliphatic rings. The third-order valence-corrected chi connectivity index (χ3v) is 5.80. The number of hydrogen-bond acceptors (Lipinski definition) is 5. The summed E-state index contributed by atoms with van der Waals surface area (Å²) in [6, 6.07) is 13.2. The van der Waals surface area contributed by atoms with Crippen molar-refractivity contribution in [2.24, 2.45) is 5.92 Å². The van der Waals surface area contributed by atoms with Crippen LogP contribution in [0.15, 0.2) is 42.5 Å². The lowest BCUT2D eigenvalue weighted by atomic mass is 9.98. The fraction of sp³-hybridized carbons (Fsp3) is 0.333. The van der Waals surface area contributed by atoms with Crippen molar-refractivity contribution in [2.45, 2.75) is 38.6 Å². The van der Waals surface area contributed by atoms with Crippen molar-refractivity contribution in [1.29, 1.82) is 0 Å². The summed E-state index contributed by atoms with van der Waals surface area (Å²) in [7, 11) is 0. The lowest BCUT2D eigenvalue weighted by Crippen LogP contribution is -2.29. The van der Waals surface area contributed by atoms with Crippen molar-refractivity contribution < 1.29 is 14.3 Å². The zero-order chi connectivity index (χ0) is 21.4. The molecule has 7 heteroatoms. The molecular weight excluding hydrogens is 392 g/mol. The van der Waals surface area contributed by atoms with E-state index in [9.17, 15) is 9.59 Å². The first kappa shape index (κ1) is 19.5. The second-order valence-electron chi connectivity index (χ2n) is 8.28. The molecule has 1 atom stereocenters. The second-order valence-corrected chi connectivity index (χ2v) is 8.28. The Morgan fingerprint density at radius 1 is 1.19 bits per heavy atom. The quantitative estimate of drug-likeness (QED) is 0.638. The van der Waals surface area contributed by atoms with E-state index in [0.717, 1.165) is 22.2 Å². The van der Waals surface area contributed by atoms with Crippen LogP contribution in [0.2, 0.25) is 0 Å². The van der Waals surface area contributed by atoms with Gasteiger partial charge >= 0.3 is 0 Å². The van der Waals surface area contributed by atoms with Crippen LogP contribution in [0.25, 0.3) is 10.9 Å². The van der Waals surface area contributed by atoms with Gasteiger partial charge in [-0.3, -0.25) is 9.59 Å². The highest BCUT2D eigenvalue weighted by molar-refractivity contribution is 5.95. The first-order chi connectivity index (χ1) is 15.1. The maximum Gasteiger partial charge on any atom is 0.289 e. The molecule has 1 fully saturated rings. The average Bonchev–Trinajstić information content (AvgIpc) is 3.61. The topological polar surface area (TPSA) is 93.2 Å². The Labute approximate surface area is 180 Å². The molecule has 5 rings (SSSR count). The third-order valence-electron chi connectivity index (χ3n) is 5.80. The average molecular weight is 416 g/mol. The predicted octanol–water partition coefficient (Wildman–Crippen LogP) is 3.79. The number of carbonyl (C=O) groups excluding carboxylic acids is 2. The van der Waals surface area contributed by atoms with Crippen LogP contribution in [0.3, 0.4) is 0 Å². The van der Waals surface area contributed by atoms with Crippen LogP contribution >= 0.6 is 0 Å². The molecule has 158 valence electrons. The summed E-state index contributed by atoms with van der Waals surface area (Å²) in [4.78, 5) is 33.4. The molecule has 0 saturated heterocycles. The zero-order valence-electron chi connectivity index (χ0n) is 17.4. The van der Waals surface area contributed by atoms with E-state index in [1.165, 1.54) is 12.8 Å². The Balaban J connectivity index is 1.36. The van der Waals surface area contributed by atoms with Crippen LogP contribution in [0, 0.1) is 5.92 Å². The van der Waals surface area contributed by atoms with Crippen molar-refractivity contribution in [1.82, 2.24) is 15.3 Å². The number of hydrogen-bond donors (Lipinski definition) is 2. The number of ether oxygens (including phenoxy) is 1. The summed E-state index contributed by atoms with van der Waals surface area (Å²) in [5.74, 6) is 0.830. The van der Waals surface area contributed by atoms with Crippen molar-refractivity contribution in [3.63, 3.8) is 0 Å². The molecule has 31 heavy (non-hydrogen) atoms. The van der Waals surface area contributed by atoms with Gasteiger partial charge < -0.3 is 15.4 Å². The highest BCUT2D eigenvalue weighted by Gasteiger charge is 2.24. The smallest absolute Gasteiger partial charge is 0.289 e. The molecule has 0 bridgehead atoms. The van der Waals surface area contributed by atoms with E-state index in [-0.39, 0.29) is 23.7 Å². The number of benzene rings is 2. The van der Waals surface area contributed by atoms with Gasteiger partial charge in [-0.15, -0.1) is 0 Å². The molecule has 1 aromatic heterocycles. The summed E-state index contributed by atoms with van der Waals surface area (Å²) in [6.45, 7) is 2.54. The monoisotopic (exact) mass is 416 g/mol. The van der Waals surface area contributed by atoms with Gasteiger partial charge in [0.2, 0.25) is 17.6 Å². The SMILES string of the molecule is CC(NC(=O)c1nc(OCC2CC2)c2ccccc2n1)c1ccc2c(c1)CCC(=O)N2. The van der Waals surface area contributed by atoms with Gasteiger partial charge in [0, 0.05) is 12.1 Å². The maximum atomic E-state index is 13.0. The number of aryl methyl sites for hydroxylation is 1. The first-order valence-electron chi connectivity index (χ1n) is 10.7. The van der Waals surface area contributed by atoms with Gasteiger partial charge in [-0.05, 0) is 61.4 Å². The first-order valence-corrected chi connectivity index (χ1v) is 10.7. The fourth-order valence-corrected chi connectivity index (χ4v) is 3.76. The number of anilines is 1. The Morgan fingerprint density at radius 3 is 2.87 bits per heavy atom. The summed E-state index contributed by atoms with van der Waals surface area (Å²) >= 11 is 0. The zero-order valence-corrected chi connectivity index (χ0v) is 17.4. The Kier molecular flexibility index (Phi) is 5.02. The van der Waals surface area contributed by atoms with Crippen molar-refractivity contribution in [2.75, 3.05) is 11.9 Å². The second kappa shape index (κ2) is 7.98. The number of amides is 2. The molecule has 7 nitrogen and oxygen atoms in total. The van der Waals surface area contributed by atoms with Crippen LogP contribution in [0.4, 0.5) is 5.69 Å². The number of nitrogens with zero attached hydrogens (tertiary/aromatic N) is 2. The predicted molar refractivity (Wildman–Crippen MR) is 117 cm³/mol. The highest BCUT2D eigenvalue weighted by atomic mass is 16.5. The van der Waals surface area contributed by atoms with E-state index in [4.69, 9.17) is 4.74 Å². The molecule has 2 aromatic carbocycles. The van der Waals surface area contributed by atoms with E-state index in [2.05, 4.69) is 20.6 Å². The minimum atomic E-state index is -0.347. The molecule has 1 saturated carbocycles. The molecule has 0 spiro atoms. The normalized spacial score (nSPS) is 16.4. The Bertz CT molecular complexity index is 1170. The van der Waals surface area contributed by atoms with E-state index in [1.807, 2.05) is 49.4 Å². The molecule has 1 aliphatic carbocycles. The number of nitrogens with one attached hydrogen (secondary N) is 2. The Hall–Kier alpha value is -3.48. The standard InChI is InChI=1S/C24H24N4O3/c1-14(16-8-10-19-17(12-16)9-11-21(29)26-19)25-23(30)22-27-20-5-3-2-4-18(20)24(28-22)31-13-15-6-7-15/h2-5,8,10,12,14-15H,6-7,9,11,13H2,1H3,(H,25,30)(H,26,29). The molecule has 2 heterocycles. The lowest BCUT2D eigenvalue weighted by molar-refractivity contribution is -0.116. The number of aromatic nitrogens is 2. The summed E-state index contributed by atoms with van der Waals surface area (Å²) in [6.07, 6.45) is 3.54. The molecule has 3 aromatic rings. The lowest BCUT2D eigenvalue weighted by Gasteiger charge is -2.20. The highest BCUT2D eigenvalue weighted by Crippen LogP contribution is 2.31. The summed E-state index contributed by atoms with van der Waals surface area (Å²) in [5, 5.41) is 6.68. The largest absolute Gasteiger partial charge is 0.477 e. The minimum absolute atomic E-state index is 0.0368. The van der Waals surface area contributed by atoms with Crippen LogP contribution < -0.4 is 15.4 Å². The molecule has 2 amide bonds. The summed E-state index contributed by atoms with van der Waals surface area (Å²) in [5.41, 5.74) is 3.57. The van der Waals surface area contributed by atoms with E-state index in [0.29, 0.717) is 36.8 Å². The van der Waals surface area contributed by atoms with Crippen molar-refractivity contribution in [3.8, 4) is 5.88 Å². The fourth-order valence-electron chi connectivity index (χ4n) is 3.76. The van der Waals surface area contributed by atoms with Crippen LogP contribution in [-0.4, -0.2) is 28.4 Å². The molecule has 1 aliphatic heterocycles. The molecule has 2 N–H and O–H groups in total. The minimum Gasteiger partial charge on any atom is -0.477 e. The number of fused-ring (bicyclic) bond motifs is 2. The van der Waals surface area contributed by atoms with Crippen LogP contribution in [-0.2, 0) is 11.2 Å². The number of para-hydroxylation sites is 1. The van der Waals surface area contributed by atoms with Crippen LogP contribution in [0.1, 0.15) is 54.0 Å². The summed E-state index contributed by atoms with van der Waals surface area (Å²) < 4.78 is 5.93. The third kappa shape index (κ3) is 4.21. The van der Waals surface area contributed by atoms with Gasteiger partial charge in [-0.2, -0.15) is 4.98 Å². The number of carbonyl (C=O) groups is 2. The molecular formula is C24H24N4O3. The number of rotatable bonds is 6. The van der Waals surface area contributed by atoms with Crippen molar-refractivity contribution >= 4 is 28.4 Å². The molecule has 0 radical (unpaired) electrons.